The van der Waals surface area contributed by atoms with E-state index in [1.165, 1.54) is 30.5 Å². The van der Waals surface area contributed by atoms with Gasteiger partial charge < -0.3 is 4.90 Å². The van der Waals surface area contributed by atoms with Crippen LogP contribution >= 0.6 is 22.6 Å². The molecule has 1 fully saturated rings. The molecule has 0 aliphatic carbocycles. The zero-order valence-electron chi connectivity index (χ0n) is 9.48. The maximum absolute atomic E-state index is 4.40. The molecule has 2 rings (SSSR count). The first-order valence-electron chi connectivity index (χ1n) is 5.84. The van der Waals surface area contributed by atoms with Crippen LogP contribution in [0.3, 0.4) is 0 Å². The third-order valence-electron chi connectivity index (χ3n) is 2.95. The first-order valence-corrected chi connectivity index (χ1v) is 7.37. The van der Waals surface area contributed by atoms with Crippen molar-refractivity contribution in [3.8, 4) is 0 Å². The van der Waals surface area contributed by atoms with E-state index in [1.807, 2.05) is 12.3 Å². The van der Waals surface area contributed by atoms with Gasteiger partial charge in [-0.15, -0.1) is 0 Å². The van der Waals surface area contributed by atoms with Crippen molar-refractivity contribution in [2.24, 2.45) is 0 Å². The Bertz CT molecular complexity index is 296. The number of nitrogens with zero attached hydrogens (tertiary/aromatic N) is 3. The van der Waals surface area contributed by atoms with Gasteiger partial charge in [-0.1, -0.05) is 28.7 Å². The molecule has 1 saturated heterocycles. The monoisotopic (exact) mass is 331 g/mol. The number of halogens is 1. The molecule has 4 heteroatoms. The largest absolute Gasteiger partial charge is 0.354 e. The van der Waals surface area contributed by atoms with Gasteiger partial charge in [-0.3, -0.25) is 4.90 Å². The van der Waals surface area contributed by atoms with Gasteiger partial charge in [0.2, 0.25) is 0 Å². The van der Waals surface area contributed by atoms with Crippen molar-refractivity contribution in [1.82, 2.24) is 9.88 Å². The Kier molecular flexibility index (Phi) is 4.84. The third kappa shape index (κ3) is 3.31. The van der Waals surface area contributed by atoms with E-state index >= 15 is 0 Å². The molecule has 1 aromatic heterocycles. The fourth-order valence-corrected chi connectivity index (χ4v) is 2.37. The van der Waals surface area contributed by atoms with Crippen LogP contribution in [0.4, 0.5) is 5.82 Å². The van der Waals surface area contributed by atoms with Gasteiger partial charge in [-0.25, -0.2) is 4.98 Å². The fraction of sp³-hybridized carbons (Fsp3) is 0.583. The molecule has 3 nitrogen and oxygen atoms in total. The molecule has 0 radical (unpaired) electrons. The molecule has 2 heterocycles. The van der Waals surface area contributed by atoms with Crippen molar-refractivity contribution in [2.75, 3.05) is 42.1 Å². The van der Waals surface area contributed by atoms with Crippen molar-refractivity contribution < 1.29 is 0 Å². The predicted molar refractivity (Wildman–Crippen MR) is 76.4 cm³/mol. The summed E-state index contributed by atoms with van der Waals surface area (Å²) in [4.78, 5) is 9.33. The Hall–Kier alpha value is -0.360. The minimum Gasteiger partial charge on any atom is -0.354 e. The topological polar surface area (TPSA) is 19.4 Å². The Balaban J connectivity index is 1.81. The summed E-state index contributed by atoms with van der Waals surface area (Å²) >= 11 is 2.45. The van der Waals surface area contributed by atoms with Gasteiger partial charge in [0.25, 0.3) is 0 Å². The summed E-state index contributed by atoms with van der Waals surface area (Å²) in [5.74, 6) is 1.12. The molecule has 1 aliphatic heterocycles. The van der Waals surface area contributed by atoms with Gasteiger partial charge in [-0.2, -0.15) is 0 Å². The standard InChI is InChI=1S/C12H18IN3/c13-5-3-7-15-8-10-16(11-9-15)12-4-1-2-6-14-12/h1-2,4,6H,3,5,7-11H2. The second kappa shape index (κ2) is 6.39. The van der Waals surface area contributed by atoms with E-state index in [0.717, 1.165) is 18.9 Å². The van der Waals surface area contributed by atoms with Crippen LogP contribution in [-0.2, 0) is 0 Å². The van der Waals surface area contributed by atoms with Crippen molar-refractivity contribution >= 4 is 28.4 Å². The number of alkyl halides is 1. The summed E-state index contributed by atoms with van der Waals surface area (Å²) in [5.41, 5.74) is 0. The molecular formula is C12H18IN3. The maximum atomic E-state index is 4.40. The van der Waals surface area contributed by atoms with Gasteiger partial charge in [-0.05, 0) is 25.1 Å². The van der Waals surface area contributed by atoms with E-state index < -0.39 is 0 Å². The zero-order valence-corrected chi connectivity index (χ0v) is 11.6. The van der Waals surface area contributed by atoms with Crippen LogP contribution in [0.5, 0.6) is 0 Å². The zero-order chi connectivity index (χ0) is 11.2. The SMILES string of the molecule is ICCCN1CCN(c2ccccn2)CC1. The first kappa shape index (κ1) is 12.1. The minimum absolute atomic E-state index is 1.11. The van der Waals surface area contributed by atoms with E-state index in [9.17, 15) is 0 Å². The van der Waals surface area contributed by atoms with Gasteiger partial charge >= 0.3 is 0 Å². The first-order chi connectivity index (χ1) is 7.90. The van der Waals surface area contributed by atoms with E-state index in [0.29, 0.717) is 0 Å². The number of aromatic nitrogens is 1. The highest BCUT2D eigenvalue weighted by Crippen LogP contribution is 2.12. The lowest BCUT2D eigenvalue weighted by atomic mass is 10.3. The van der Waals surface area contributed by atoms with Crippen molar-refractivity contribution in [3.05, 3.63) is 24.4 Å². The van der Waals surface area contributed by atoms with Gasteiger partial charge in [0, 0.05) is 36.8 Å². The molecule has 0 bridgehead atoms. The van der Waals surface area contributed by atoms with Crippen LogP contribution in [0.15, 0.2) is 24.4 Å². The average molecular weight is 331 g/mol. The molecule has 0 saturated carbocycles. The van der Waals surface area contributed by atoms with E-state index in [1.54, 1.807) is 0 Å². The summed E-state index contributed by atoms with van der Waals surface area (Å²) in [5, 5.41) is 0. The van der Waals surface area contributed by atoms with Gasteiger partial charge in [0.15, 0.2) is 0 Å². The van der Waals surface area contributed by atoms with Crippen molar-refractivity contribution in [2.45, 2.75) is 6.42 Å². The van der Waals surface area contributed by atoms with E-state index in [4.69, 9.17) is 0 Å². The average Bonchev–Trinajstić information content (AvgIpc) is 2.38. The van der Waals surface area contributed by atoms with E-state index in [2.05, 4.69) is 49.5 Å². The molecule has 16 heavy (non-hydrogen) atoms. The number of piperazine rings is 1. The molecule has 88 valence electrons. The van der Waals surface area contributed by atoms with Gasteiger partial charge in [0.1, 0.15) is 5.82 Å². The van der Waals surface area contributed by atoms with Crippen LogP contribution in [0.2, 0.25) is 0 Å². The number of pyridine rings is 1. The fourth-order valence-electron chi connectivity index (χ4n) is 2.02. The molecule has 1 aromatic rings. The Morgan fingerprint density at radius 1 is 1.19 bits per heavy atom. The minimum atomic E-state index is 1.11. The molecular weight excluding hydrogens is 313 g/mol. The van der Waals surface area contributed by atoms with Crippen LogP contribution in [0.1, 0.15) is 6.42 Å². The molecule has 0 aromatic carbocycles. The summed E-state index contributed by atoms with van der Waals surface area (Å²) in [6.45, 7) is 5.82. The van der Waals surface area contributed by atoms with Crippen molar-refractivity contribution in [3.63, 3.8) is 0 Å². The Morgan fingerprint density at radius 3 is 2.62 bits per heavy atom. The number of hydrogen-bond donors (Lipinski definition) is 0. The highest BCUT2D eigenvalue weighted by atomic mass is 127. The second-order valence-corrected chi connectivity index (χ2v) is 5.14. The van der Waals surface area contributed by atoms with Crippen LogP contribution in [0.25, 0.3) is 0 Å². The molecule has 0 atom stereocenters. The maximum Gasteiger partial charge on any atom is 0.128 e. The van der Waals surface area contributed by atoms with Gasteiger partial charge in [0.05, 0.1) is 0 Å². The number of rotatable bonds is 4. The highest BCUT2D eigenvalue weighted by molar-refractivity contribution is 14.1. The summed E-state index contributed by atoms with van der Waals surface area (Å²) in [6.07, 6.45) is 3.18. The smallest absolute Gasteiger partial charge is 0.128 e. The number of hydrogen-bond acceptors (Lipinski definition) is 3. The normalized spacial score (nSPS) is 17.7. The Labute approximate surface area is 111 Å². The molecule has 1 aliphatic rings. The summed E-state index contributed by atoms with van der Waals surface area (Å²) in [7, 11) is 0. The highest BCUT2D eigenvalue weighted by Gasteiger charge is 2.16. The molecule has 0 spiro atoms. The van der Waals surface area contributed by atoms with Crippen molar-refractivity contribution in [1.29, 1.82) is 0 Å². The lowest BCUT2D eigenvalue weighted by molar-refractivity contribution is 0.259. The Morgan fingerprint density at radius 2 is 2.00 bits per heavy atom. The van der Waals surface area contributed by atoms with E-state index in [-0.39, 0.29) is 0 Å². The quantitative estimate of drug-likeness (QED) is 0.622. The second-order valence-electron chi connectivity index (χ2n) is 4.06. The lowest BCUT2D eigenvalue weighted by Crippen LogP contribution is -2.46. The molecule has 0 N–H and O–H groups in total. The third-order valence-corrected chi connectivity index (χ3v) is 3.72. The molecule has 0 unspecified atom stereocenters. The van der Waals surface area contributed by atoms with Crippen LogP contribution in [-0.4, -0.2) is 47.0 Å². The summed E-state index contributed by atoms with van der Waals surface area (Å²) in [6, 6.07) is 6.13. The van der Waals surface area contributed by atoms with Crippen LogP contribution in [0, 0.1) is 0 Å². The predicted octanol–water partition coefficient (Wildman–Crippen LogP) is 2.03. The molecule has 0 amide bonds. The lowest BCUT2D eigenvalue weighted by Gasteiger charge is -2.35. The summed E-state index contributed by atoms with van der Waals surface area (Å²) < 4.78 is 1.26. The number of anilines is 1. The van der Waals surface area contributed by atoms with Crippen LogP contribution < -0.4 is 4.90 Å².